The fraction of sp³-hybridized carbons (Fsp3) is 0.250. The van der Waals surface area contributed by atoms with Gasteiger partial charge in [-0.1, -0.05) is 12.1 Å². The third-order valence-corrected chi connectivity index (χ3v) is 4.64. The Morgan fingerprint density at radius 3 is 2.71 bits per heavy atom. The molecule has 3 heterocycles. The number of carbonyl (C=O) groups is 1. The van der Waals surface area contributed by atoms with Crippen LogP contribution in [-0.2, 0) is 11.3 Å². The van der Waals surface area contributed by atoms with Gasteiger partial charge in [0.05, 0.1) is 29.9 Å². The Balaban J connectivity index is 1.78. The Morgan fingerprint density at radius 1 is 1.21 bits per heavy atom. The van der Waals surface area contributed by atoms with Crippen molar-refractivity contribution in [2.75, 3.05) is 13.7 Å². The number of amides is 1. The molecule has 0 bridgehead atoms. The quantitative estimate of drug-likeness (QED) is 0.555. The third kappa shape index (κ3) is 3.07. The second kappa shape index (κ2) is 7.32. The number of rotatable bonds is 6. The van der Waals surface area contributed by atoms with Gasteiger partial charge in [-0.2, -0.15) is 5.10 Å². The zero-order chi connectivity index (χ0) is 19.7. The Bertz CT molecular complexity index is 1190. The van der Waals surface area contributed by atoms with Gasteiger partial charge in [0.1, 0.15) is 11.3 Å². The highest BCUT2D eigenvalue weighted by molar-refractivity contribution is 5.94. The maximum absolute atomic E-state index is 13.0. The lowest BCUT2D eigenvalue weighted by Crippen LogP contribution is -2.26. The molecule has 0 radical (unpaired) electrons. The van der Waals surface area contributed by atoms with Crippen LogP contribution >= 0.6 is 0 Å². The lowest BCUT2D eigenvalue weighted by atomic mass is 10.2. The minimum atomic E-state index is -0.375. The van der Waals surface area contributed by atoms with Gasteiger partial charge in [0.25, 0.3) is 11.5 Å². The van der Waals surface area contributed by atoms with Gasteiger partial charge >= 0.3 is 0 Å². The highest BCUT2D eigenvalue weighted by Crippen LogP contribution is 2.17. The van der Waals surface area contributed by atoms with Gasteiger partial charge in [0, 0.05) is 19.7 Å². The van der Waals surface area contributed by atoms with Gasteiger partial charge in [-0.25, -0.2) is 4.52 Å². The van der Waals surface area contributed by atoms with Crippen LogP contribution < -0.4 is 10.9 Å². The first-order valence-corrected chi connectivity index (χ1v) is 8.94. The van der Waals surface area contributed by atoms with Crippen molar-refractivity contribution in [2.45, 2.75) is 19.5 Å². The van der Waals surface area contributed by atoms with E-state index in [0.29, 0.717) is 24.4 Å². The van der Waals surface area contributed by atoms with Gasteiger partial charge in [-0.3, -0.25) is 9.59 Å². The molecular weight excluding hydrogens is 360 g/mol. The lowest BCUT2D eigenvalue weighted by molar-refractivity contribution is 0.0930. The summed E-state index contributed by atoms with van der Waals surface area (Å²) in [7, 11) is 1.59. The van der Waals surface area contributed by atoms with E-state index in [1.807, 2.05) is 31.2 Å². The van der Waals surface area contributed by atoms with E-state index in [1.54, 1.807) is 30.1 Å². The monoisotopic (exact) mass is 380 g/mol. The summed E-state index contributed by atoms with van der Waals surface area (Å²) in [6, 6.07) is 12.2. The highest BCUT2D eigenvalue weighted by atomic mass is 16.5. The molecule has 3 aromatic heterocycles. The Labute approximate surface area is 160 Å². The normalized spacial score (nSPS) is 12.5. The molecule has 1 N–H and O–H groups in total. The van der Waals surface area contributed by atoms with Gasteiger partial charge in [-0.05, 0) is 31.2 Å². The molecule has 4 rings (SSSR count). The molecule has 1 atom stereocenters. The van der Waals surface area contributed by atoms with Crippen LogP contribution in [0.25, 0.3) is 16.6 Å². The number of hydrogen-bond acceptors (Lipinski definition) is 5. The highest BCUT2D eigenvalue weighted by Gasteiger charge is 2.19. The van der Waals surface area contributed by atoms with Gasteiger partial charge in [0.15, 0.2) is 5.69 Å². The van der Waals surface area contributed by atoms with Crippen molar-refractivity contribution in [2.24, 2.45) is 0 Å². The molecule has 28 heavy (non-hydrogen) atoms. The number of hydrogen-bond donors (Lipinski definition) is 1. The van der Waals surface area contributed by atoms with Crippen LogP contribution in [0.1, 0.15) is 29.2 Å². The first kappa shape index (κ1) is 18.0. The Morgan fingerprint density at radius 2 is 2.00 bits per heavy atom. The van der Waals surface area contributed by atoms with Gasteiger partial charge < -0.3 is 19.0 Å². The largest absolute Gasteiger partial charge is 0.467 e. The first-order chi connectivity index (χ1) is 13.6. The summed E-state index contributed by atoms with van der Waals surface area (Å²) in [6.07, 6.45) is 1.55. The average Bonchev–Trinajstić information content (AvgIpc) is 3.38. The van der Waals surface area contributed by atoms with Crippen LogP contribution in [0, 0.1) is 0 Å². The van der Waals surface area contributed by atoms with E-state index >= 15 is 0 Å². The number of para-hydroxylation sites is 2. The second-order valence-corrected chi connectivity index (χ2v) is 6.48. The number of methoxy groups -OCH3 is 1. The second-order valence-electron chi connectivity index (χ2n) is 6.48. The predicted octanol–water partition coefficient (Wildman–Crippen LogP) is 2.38. The fourth-order valence-corrected chi connectivity index (χ4v) is 3.23. The maximum atomic E-state index is 13.0. The van der Waals surface area contributed by atoms with E-state index in [4.69, 9.17) is 9.15 Å². The number of furan rings is 1. The molecular formula is C20H20N4O4. The van der Waals surface area contributed by atoms with Crippen LogP contribution in [-0.4, -0.2) is 33.8 Å². The van der Waals surface area contributed by atoms with Crippen LogP contribution in [0.5, 0.6) is 0 Å². The smallest absolute Gasteiger partial charge is 0.277 e. The first-order valence-electron chi connectivity index (χ1n) is 8.94. The zero-order valence-electron chi connectivity index (χ0n) is 15.6. The number of nitrogens with zero attached hydrogens (tertiary/aromatic N) is 3. The molecule has 1 amide bonds. The van der Waals surface area contributed by atoms with E-state index in [2.05, 4.69) is 10.4 Å². The van der Waals surface area contributed by atoms with Crippen molar-refractivity contribution >= 4 is 22.5 Å². The summed E-state index contributed by atoms with van der Waals surface area (Å²) in [5, 5.41) is 7.23. The molecule has 8 heteroatoms. The van der Waals surface area contributed by atoms with Crippen LogP contribution in [0.2, 0.25) is 0 Å². The summed E-state index contributed by atoms with van der Waals surface area (Å²) < 4.78 is 13.6. The topological polar surface area (TPSA) is 90.8 Å². The minimum absolute atomic E-state index is 0.171. The summed E-state index contributed by atoms with van der Waals surface area (Å²) in [4.78, 5) is 25.7. The SMILES string of the molecule is COCCn1c(=O)c2cc(C(=O)N[C@H](C)c3ccco3)nn2c2ccccc21. The van der Waals surface area contributed by atoms with E-state index in [9.17, 15) is 9.59 Å². The zero-order valence-corrected chi connectivity index (χ0v) is 15.6. The number of aromatic nitrogens is 3. The van der Waals surface area contributed by atoms with Gasteiger partial charge in [0.2, 0.25) is 0 Å². The molecule has 8 nitrogen and oxygen atoms in total. The summed E-state index contributed by atoms with van der Waals surface area (Å²) in [5.41, 5.74) is 1.76. The number of benzene rings is 1. The van der Waals surface area contributed by atoms with Crippen LogP contribution in [0.3, 0.4) is 0 Å². The van der Waals surface area contributed by atoms with E-state index in [1.165, 1.54) is 10.6 Å². The van der Waals surface area contributed by atoms with Crippen LogP contribution in [0.4, 0.5) is 0 Å². The third-order valence-electron chi connectivity index (χ3n) is 4.64. The van der Waals surface area contributed by atoms with E-state index in [-0.39, 0.29) is 23.2 Å². The average molecular weight is 380 g/mol. The number of ether oxygens (including phenoxy) is 1. The van der Waals surface area contributed by atoms with Crippen molar-refractivity contribution in [3.8, 4) is 0 Å². The Hall–Kier alpha value is -3.39. The molecule has 0 saturated heterocycles. The molecule has 0 aliphatic carbocycles. The molecule has 144 valence electrons. The van der Waals surface area contributed by atoms with Gasteiger partial charge in [-0.15, -0.1) is 0 Å². The standard InChI is InChI=1S/C20H20N4O4/c1-13(18-8-5-10-28-18)21-19(25)14-12-17-20(26)23(9-11-27-2)15-6-3-4-7-16(15)24(17)22-14/h3-8,10,12-13H,9,11H2,1-2H3,(H,21,25)/t13-/m1/s1. The molecule has 0 unspecified atom stereocenters. The molecule has 0 spiro atoms. The lowest BCUT2D eigenvalue weighted by Gasteiger charge is -2.11. The van der Waals surface area contributed by atoms with Crippen molar-refractivity contribution in [1.82, 2.24) is 19.5 Å². The Kier molecular flexibility index (Phi) is 4.70. The summed E-state index contributed by atoms with van der Waals surface area (Å²) in [5.74, 6) is 0.268. The number of nitrogens with one attached hydrogen (secondary N) is 1. The predicted molar refractivity (Wildman–Crippen MR) is 103 cm³/mol. The van der Waals surface area contributed by atoms with Crippen molar-refractivity contribution in [3.63, 3.8) is 0 Å². The number of carbonyl (C=O) groups excluding carboxylic acids is 1. The van der Waals surface area contributed by atoms with E-state index in [0.717, 1.165) is 11.0 Å². The van der Waals surface area contributed by atoms with Crippen LogP contribution in [0.15, 0.2) is 57.9 Å². The summed E-state index contributed by atoms with van der Waals surface area (Å²) in [6.45, 7) is 2.64. The molecule has 0 aliphatic rings. The molecule has 0 saturated carbocycles. The van der Waals surface area contributed by atoms with E-state index < -0.39 is 0 Å². The fourth-order valence-electron chi connectivity index (χ4n) is 3.23. The number of fused-ring (bicyclic) bond motifs is 3. The molecule has 1 aromatic carbocycles. The molecule has 4 aromatic rings. The van der Waals surface area contributed by atoms with Crippen molar-refractivity contribution < 1.29 is 13.9 Å². The minimum Gasteiger partial charge on any atom is -0.467 e. The molecule has 0 fully saturated rings. The maximum Gasteiger partial charge on any atom is 0.277 e. The molecule has 0 aliphatic heterocycles. The summed E-state index contributed by atoms with van der Waals surface area (Å²) >= 11 is 0. The van der Waals surface area contributed by atoms with Crippen molar-refractivity contribution in [1.29, 1.82) is 0 Å². The van der Waals surface area contributed by atoms with Crippen molar-refractivity contribution in [3.05, 3.63) is 70.5 Å².